The van der Waals surface area contributed by atoms with E-state index in [0.29, 0.717) is 10.9 Å². The van der Waals surface area contributed by atoms with Gasteiger partial charge in [-0.25, -0.2) is 0 Å². The van der Waals surface area contributed by atoms with Crippen LogP contribution in [0.15, 0.2) is 0 Å². The maximum absolute atomic E-state index is 5.93. The summed E-state index contributed by atoms with van der Waals surface area (Å²) in [6.45, 7) is 4.71. The van der Waals surface area contributed by atoms with Crippen LogP contribution >= 0.6 is 23.2 Å². The van der Waals surface area contributed by atoms with Crippen LogP contribution in [0.25, 0.3) is 0 Å². The quantitative estimate of drug-likeness (QED) is 0.660. The molecule has 0 radical (unpaired) electrons. The molecule has 0 spiro atoms. The van der Waals surface area contributed by atoms with Crippen LogP contribution in [0, 0.1) is 6.92 Å². The average Bonchev–Trinajstić information content (AvgIpc) is 2.28. The topological polar surface area (TPSA) is 17.8 Å². The first-order valence-electron chi connectivity index (χ1n) is 3.48. The van der Waals surface area contributed by atoms with Gasteiger partial charge in [-0.05, 0) is 13.8 Å². The van der Waals surface area contributed by atoms with Gasteiger partial charge >= 0.3 is 0 Å². The van der Waals surface area contributed by atoms with E-state index in [1.807, 2.05) is 18.5 Å². The van der Waals surface area contributed by atoms with E-state index in [9.17, 15) is 0 Å². The normalized spacial score (nSPS) is 10.5. The van der Waals surface area contributed by atoms with Crippen molar-refractivity contribution in [2.45, 2.75) is 26.3 Å². The van der Waals surface area contributed by atoms with Crippen molar-refractivity contribution in [1.29, 1.82) is 0 Å². The van der Waals surface area contributed by atoms with E-state index in [1.165, 1.54) is 0 Å². The molecule has 11 heavy (non-hydrogen) atoms. The van der Waals surface area contributed by atoms with Gasteiger partial charge in [-0.3, -0.25) is 4.68 Å². The van der Waals surface area contributed by atoms with Crippen molar-refractivity contribution in [2.75, 3.05) is 0 Å². The Bertz CT molecular complexity index is 255. The van der Waals surface area contributed by atoms with Gasteiger partial charge < -0.3 is 0 Å². The minimum absolute atomic E-state index is 0.424. The minimum atomic E-state index is 0.424. The molecule has 0 aliphatic rings. The van der Waals surface area contributed by atoms with Gasteiger partial charge in [-0.1, -0.05) is 11.6 Å². The third-order valence-electron chi connectivity index (χ3n) is 1.58. The third kappa shape index (κ3) is 1.52. The Morgan fingerprint density at radius 1 is 1.55 bits per heavy atom. The largest absolute Gasteiger partial charge is 0.267 e. The lowest BCUT2D eigenvalue weighted by Gasteiger charge is -1.99. The molecule has 0 aromatic carbocycles. The molecule has 0 amide bonds. The van der Waals surface area contributed by atoms with Crippen molar-refractivity contribution in [3.8, 4) is 0 Å². The molecule has 0 saturated carbocycles. The van der Waals surface area contributed by atoms with Gasteiger partial charge in [0.2, 0.25) is 0 Å². The molecular weight excluding hydrogens is 183 g/mol. The van der Waals surface area contributed by atoms with Gasteiger partial charge in [0, 0.05) is 6.54 Å². The van der Waals surface area contributed by atoms with Crippen LogP contribution < -0.4 is 0 Å². The number of hydrogen-bond acceptors (Lipinski definition) is 1. The number of aromatic nitrogens is 2. The molecule has 1 rings (SSSR count). The summed E-state index contributed by atoms with van der Waals surface area (Å²) in [6, 6.07) is 0. The monoisotopic (exact) mass is 192 g/mol. The molecule has 0 bridgehead atoms. The predicted octanol–water partition coefficient (Wildman–Crippen LogP) is 2.60. The first-order valence-corrected chi connectivity index (χ1v) is 4.39. The first kappa shape index (κ1) is 8.88. The molecule has 0 unspecified atom stereocenters. The molecule has 0 saturated heterocycles. The molecule has 2 nitrogen and oxygen atoms in total. The second kappa shape index (κ2) is 3.46. The molecule has 1 aromatic heterocycles. The molecule has 0 aliphatic carbocycles. The summed E-state index contributed by atoms with van der Waals surface area (Å²) in [6.07, 6.45) is 0. The lowest BCUT2D eigenvalue weighted by Crippen LogP contribution is -2.00. The van der Waals surface area contributed by atoms with Crippen molar-refractivity contribution >= 4 is 23.2 Å². The van der Waals surface area contributed by atoms with E-state index in [4.69, 9.17) is 23.2 Å². The lowest BCUT2D eigenvalue weighted by molar-refractivity contribution is 0.631. The molecule has 0 fully saturated rings. The van der Waals surface area contributed by atoms with E-state index >= 15 is 0 Å². The summed E-state index contributed by atoms with van der Waals surface area (Å²) >= 11 is 11.6. The van der Waals surface area contributed by atoms with E-state index < -0.39 is 0 Å². The van der Waals surface area contributed by atoms with Crippen molar-refractivity contribution in [2.24, 2.45) is 0 Å². The third-order valence-corrected chi connectivity index (χ3v) is 2.32. The highest BCUT2D eigenvalue weighted by molar-refractivity contribution is 6.32. The summed E-state index contributed by atoms with van der Waals surface area (Å²) < 4.78 is 1.82. The lowest BCUT2D eigenvalue weighted by atomic mass is 10.4. The van der Waals surface area contributed by atoms with Gasteiger partial charge in [0.15, 0.2) is 0 Å². The summed E-state index contributed by atoms with van der Waals surface area (Å²) in [5.41, 5.74) is 1.76. The van der Waals surface area contributed by atoms with Gasteiger partial charge in [-0.2, -0.15) is 5.10 Å². The Hall–Kier alpha value is -0.210. The molecule has 0 atom stereocenters. The van der Waals surface area contributed by atoms with Crippen LogP contribution in [0.3, 0.4) is 0 Å². The van der Waals surface area contributed by atoms with Crippen molar-refractivity contribution in [3.05, 3.63) is 16.4 Å². The van der Waals surface area contributed by atoms with Crippen LogP contribution in [0.1, 0.15) is 18.3 Å². The van der Waals surface area contributed by atoms with Crippen LogP contribution in [-0.2, 0) is 12.4 Å². The Morgan fingerprint density at radius 3 is 2.55 bits per heavy atom. The highest BCUT2D eigenvalue weighted by Gasteiger charge is 2.09. The molecule has 0 aliphatic heterocycles. The Labute approximate surface area is 76.1 Å². The molecule has 0 N–H and O–H groups in total. The van der Waals surface area contributed by atoms with Crippen LogP contribution in [-0.4, -0.2) is 9.78 Å². The van der Waals surface area contributed by atoms with Gasteiger partial charge in [0.1, 0.15) is 0 Å². The summed E-state index contributed by atoms with van der Waals surface area (Å²) in [5, 5.41) is 4.90. The zero-order chi connectivity index (χ0) is 8.43. The van der Waals surface area contributed by atoms with Crippen LogP contribution in [0.2, 0.25) is 5.02 Å². The zero-order valence-electron chi connectivity index (χ0n) is 6.56. The summed E-state index contributed by atoms with van der Waals surface area (Å²) in [5.74, 6) is 0.424. The van der Waals surface area contributed by atoms with E-state index in [0.717, 1.165) is 17.9 Å². The highest BCUT2D eigenvalue weighted by Crippen LogP contribution is 2.21. The standard InChI is InChI=1S/C7H10Cl2N2/c1-3-11-6(4-8)7(9)5(2)10-11/h3-4H2,1-2H3. The Morgan fingerprint density at radius 2 is 2.18 bits per heavy atom. The van der Waals surface area contributed by atoms with Crippen molar-refractivity contribution in [1.82, 2.24) is 9.78 Å². The van der Waals surface area contributed by atoms with Crippen LogP contribution in [0.5, 0.6) is 0 Å². The zero-order valence-corrected chi connectivity index (χ0v) is 8.08. The number of nitrogens with zero attached hydrogens (tertiary/aromatic N) is 2. The fraction of sp³-hybridized carbons (Fsp3) is 0.571. The second-order valence-electron chi connectivity index (χ2n) is 2.30. The van der Waals surface area contributed by atoms with Gasteiger partial charge in [-0.15, -0.1) is 11.6 Å². The molecule has 62 valence electrons. The second-order valence-corrected chi connectivity index (χ2v) is 2.94. The number of hydrogen-bond donors (Lipinski definition) is 0. The summed E-state index contributed by atoms with van der Waals surface area (Å²) in [4.78, 5) is 0. The number of rotatable bonds is 2. The maximum Gasteiger partial charge on any atom is 0.0859 e. The maximum atomic E-state index is 5.93. The van der Waals surface area contributed by atoms with Crippen molar-refractivity contribution < 1.29 is 0 Å². The Kier molecular flexibility index (Phi) is 2.79. The minimum Gasteiger partial charge on any atom is -0.267 e. The average molecular weight is 193 g/mol. The SMILES string of the molecule is CCn1nc(C)c(Cl)c1CCl. The van der Waals surface area contributed by atoms with E-state index in [1.54, 1.807) is 0 Å². The number of halogens is 2. The number of alkyl halides is 1. The van der Waals surface area contributed by atoms with E-state index in [-0.39, 0.29) is 0 Å². The smallest absolute Gasteiger partial charge is 0.0859 e. The highest BCUT2D eigenvalue weighted by atomic mass is 35.5. The Balaban J connectivity index is 3.15. The molecule has 4 heteroatoms. The fourth-order valence-corrected chi connectivity index (χ4v) is 1.54. The predicted molar refractivity (Wildman–Crippen MR) is 47.2 cm³/mol. The van der Waals surface area contributed by atoms with E-state index in [2.05, 4.69) is 5.10 Å². The molecular formula is C7H10Cl2N2. The fourth-order valence-electron chi connectivity index (χ4n) is 0.997. The number of aryl methyl sites for hydroxylation is 2. The first-order chi connectivity index (χ1) is 5.20. The van der Waals surface area contributed by atoms with Crippen LogP contribution in [0.4, 0.5) is 0 Å². The van der Waals surface area contributed by atoms with Crippen molar-refractivity contribution in [3.63, 3.8) is 0 Å². The van der Waals surface area contributed by atoms with Gasteiger partial charge in [0.05, 0.1) is 22.3 Å². The van der Waals surface area contributed by atoms with Gasteiger partial charge in [0.25, 0.3) is 0 Å². The molecule has 1 aromatic rings. The molecule has 1 heterocycles. The summed E-state index contributed by atoms with van der Waals surface area (Å²) in [7, 11) is 0.